The predicted molar refractivity (Wildman–Crippen MR) is 125 cm³/mol. The molecular formula is C22H26N6O3S. The van der Waals surface area contributed by atoms with E-state index in [9.17, 15) is 14.7 Å². The van der Waals surface area contributed by atoms with Gasteiger partial charge in [0.25, 0.3) is 0 Å². The Hall–Kier alpha value is -3.27. The molecule has 1 fully saturated rings. The molecule has 0 radical (unpaired) electrons. The summed E-state index contributed by atoms with van der Waals surface area (Å²) in [6, 6.07) is 3.51. The summed E-state index contributed by atoms with van der Waals surface area (Å²) in [5.41, 5.74) is 8.44. The molecule has 0 bridgehead atoms. The summed E-state index contributed by atoms with van der Waals surface area (Å²) < 4.78 is 1.01. The number of piperidine rings is 1. The van der Waals surface area contributed by atoms with Gasteiger partial charge in [-0.05, 0) is 56.9 Å². The lowest BCUT2D eigenvalue weighted by Crippen LogP contribution is -2.43. The molecule has 0 unspecified atom stereocenters. The fourth-order valence-corrected chi connectivity index (χ4v) is 4.99. The topological polar surface area (TPSA) is 126 Å². The number of rotatable bonds is 5. The normalized spacial score (nSPS) is 15.7. The number of aromatic nitrogens is 3. The van der Waals surface area contributed by atoms with Crippen LogP contribution in [0.2, 0.25) is 0 Å². The van der Waals surface area contributed by atoms with Crippen molar-refractivity contribution in [3.63, 3.8) is 0 Å². The molecule has 1 aliphatic heterocycles. The first kappa shape index (κ1) is 21.9. The number of benzene rings is 1. The first-order chi connectivity index (χ1) is 15.2. The number of amides is 2. The van der Waals surface area contributed by atoms with E-state index in [0.717, 1.165) is 26.9 Å². The van der Waals surface area contributed by atoms with Gasteiger partial charge in [-0.3, -0.25) is 9.69 Å². The Kier molecular flexibility index (Phi) is 5.72. The van der Waals surface area contributed by atoms with Gasteiger partial charge in [0.2, 0.25) is 5.95 Å². The summed E-state index contributed by atoms with van der Waals surface area (Å²) in [6.45, 7) is 7.35. The number of hydrogen-bond acceptors (Lipinski definition) is 7. The van der Waals surface area contributed by atoms with Crippen LogP contribution in [-0.2, 0) is 4.79 Å². The molecule has 1 saturated heterocycles. The molecule has 32 heavy (non-hydrogen) atoms. The van der Waals surface area contributed by atoms with Crippen LogP contribution in [0.3, 0.4) is 0 Å². The molecule has 9 nitrogen and oxygen atoms in total. The number of nitrogens with zero attached hydrogens (tertiary/aromatic N) is 5. The van der Waals surface area contributed by atoms with Gasteiger partial charge in [-0.1, -0.05) is 11.3 Å². The van der Waals surface area contributed by atoms with Gasteiger partial charge in [-0.2, -0.15) is 0 Å². The maximum Gasteiger partial charge on any atom is 0.321 e. The number of urea groups is 1. The van der Waals surface area contributed by atoms with Crippen LogP contribution < -0.4 is 15.5 Å². The van der Waals surface area contributed by atoms with Gasteiger partial charge in [0.15, 0.2) is 5.13 Å². The monoisotopic (exact) mass is 454 g/mol. The van der Waals surface area contributed by atoms with Crippen LogP contribution in [0, 0.1) is 12.3 Å². The second kappa shape index (κ2) is 8.34. The van der Waals surface area contributed by atoms with Crippen molar-refractivity contribution in [1.29, 1.82) is 0 Å². The molecule has 3 heterocycles. The van der Waals surface area contributed by atoms with Gasteiger partial charge in [0.05, 0.1) is 15.6 Å². The van der Waals surface area contributed by atoms with Crippen molar-refractivity contribution in [3.8, 4) is 11.1 Å². The zero-order valence-electron chi connectivity index (χ0n) is 18.3. The van der Waals surface area contributed by atoms with Crippen LogP contribution in [0.25, 0.3) is 21.3 Å². The maximum atomic E-state index is 11.7. The van der Waals surface area contributed by atoms with E-state index in [-0.39, 0.29) is 0 Å². The lowest BCUT2D eigenvalue weighted by molar-refractivity contribution is -0.149. The van der Waals surface area contributed by atoms with Crippen LogP contribution in [0.15, 0.2) is 24.5 Å². The lowest BCUT2D eigenvalue weighted by Gasteiger charge is -2.36. The number of primary amides is 1. The van der Waals surface area contributed by atoms with Crippen LogP contribution in [-0.4, -0.2) is 51.7 Å². The Morgan fingerprint density at radius 1 is 1.22 bits per heavy atom. The van der Waals surface area contributed by atoms with Gasteiger partial charge in [-0.25, -0.2) is 19.7 Å². The highest BCUT2D eigenvalue weighted by Gasteiger charge is 2.37. The van der Waals surface area contributed by atoms with Crippen molar-refractivity contribution in [3.05, 3.63) is 30.1 Å². The Bertz CT molecular complexity index is 1170. The van der Waals surface area contributed by atoms with Gasteiger partial charge in [0, 0.05) is 37.6 Å². The predicted octanol–water partition coefficient (Wildman–Crippen LogP) is 3.66. The molecule has 4 rings (SSSR count). The van der Waals surface area contributed by atoms with E-state index < -0.39 is 17.4 Å². The quantitative estimate of drug-likeness (QED) is 0.602. The lowest BCUT2D eigenvalue weighted by atomic mass is 9.80. The second-order valence-electron chi connectivity index (χ2n) is 8.34. The molecule has 0 saturated carbocycles. The standard InChI is InChI=1S/C22H26N6O3S/c1-4-28(19(23)31)21-26-16-10-14(9-13(2)17(16)32-21)15-11-24-20(25-12-15)27-7-5-22(3,6-8-27)18(29)30/h9-12H,4-8H2,1-3H3,(H2,23,31)(H,29,30). The minimum absolute atomic E-state index is 0.457. The molecule has 0 atom stereocenters. The largest absolute Gasteiger partial charge is 0.481 e. The minimum Gasteiger partial charge on any atom is -0.481 e. The van der Waals surface area contributed by atoms with Gasteiger partial charge >= 0.3 is 12.0 Å². The van der Waals surface area contributed by atoms with Crippen molar-refractivity contribution >= 4 is 44.6 Å². The zero-order chi connectivity index (χ0) is 23.0. The first-order valence-electron chi connectivity index (χ1n) is 10.5. The van der Waals surface area contributed by atoms with E-state index >= 15 is 0 Å². The Morgan fingerprint density at radius 3 is 2.44 bits per heavy atom. The third-order valence-electron chi connectivity index (χ3n) is 6.12. The molecule has 168 valence electrons. The highest BCUT2D eigenvalue weighted by molar-refractivity contribution is 7.22. The summed E-state index contributed by atoms with van der Waals surface area (Å²) in [4.78, 5) is 40.3. The number of thiazole rings is 1. The highest BCUT2D eigenvalue weighted by atomic mass is 32.1. The Morgan fingerprint density at radius 2 is 1.88 bits per heavy atom. The molecule has 3 aromatic rings. The molecule has 10 heteroatoms. The van der Waals surface area contributed by atoms with E-state index in [1.807, 2.05) is 24.8 Å². The number of carboxylic acids is 1. The summed E-state index contributed by atoms with van der Waals surface area (Å²) in [5.74, 6) is -0.141. The maximum absolute atomic E-state index is 11.7. The van der Waals surface area contributed by atoms with Crippen molar-refractivity contribution in [2.24, 2.45) is 11.1 Å². The SMILES string of the molecule is CCN(C(N)=O)c1nc2cc(-c3cnc(N4CCC(C)(C(=O)O)CC4)nc3)cc(C)c2s1. The average molecular weight is 455 g/mol. The molecule has 0 spiro atoms. The third kappa shape index (κ3) is 3.97. The number of aliphatic carboxylic acids is 1. The van der Waals surface area contributed by atoms with Crippen molar-refractivity contribution in [1.82, 2.24) is 15.0 Å². The highest BCUT2D eigenvalue weighted by Crippen LogP contribution is 2.35. The number of aryl methyl sites for hydroxylation is 1. The van der Waals surface area contributed by atoms with E-state index in [1.54, 1.807) is 19.3 Å². The summed E-state index contributed by atoms with van der Waals surface area (Å²) in [5, 5.41) is 9.99. The smallest absolute Gasteiger partial charge is 0.321 e. The van der Waals surface area contributed by atoms with Crippen molar-refractivity contribution < 1.29 is 14.7 Å². The van der Waals surface area contributed by atoms with Crippen molar-refractivity contribution in [2.75, 3.05) is 29.4 Å². The molecule has 1 aromatic carbocycles. The van der Waals surface area contributed by atoms with E-state index in [2.05, 4.69) is 21.0 Å². The number of anilines is 2. The second-order valence-corrected chi connectivity index (χ2v) is 9.32. The fraction of sp³-hybridized carbons (Fsp3) is 0.409. The molecule has 2 aromatic heterocycles. The third-order valence-corrected chi connectivity index (χ3v) is 7.34. The Balaban J connectivity index is 1.57. The molecule has 1 aliphatic rings. The minimum atomic E-state index is -0.748. The summed E-state index contributed by atoms with van der Waals surface area (Å²) in [7, 11) is 0. The number of carbonyl (C=O) groups is 2. The number of carbonyl (C=O) groups excluding carboxylic acids is 1. The number of carboxylic acid groups (broad SMARTS) is 1. The first-order valence-corrected chi connectivity index (χ1v) is 11.3. The zero-order valence-corrected chi connectivity index (χ0v) is 19.1. The fourth-order valence-electron chi connectivity index (χ4n) is 3.90. The van der Waals surface area contributed by atoms with Gasteiger partial charge < -0.3 is 15.7 Å². The number of hydrogen-bond donors (Lipinski definition) is 2. The van der Waals surface area contributed by atoms with Crippen LogP contribution >= 0.6 is 11.3 Å². The van der Waals surface area contributed by atoms with E-state index in [4.69, 9.17) is 5.73 Å². The molecular weight excluding hydrogens is 428 g/mol. The Labute approximate surface area is 189 Å². The van der Waals surface area contributed by atoms with Crippen molar-refractivity contribution in [2.45, 2.75) is 33.6 Å². The number of nitrogens with two attached hydrogens (primary N) is 1. The van der Waals surface area contributed by atoms with E-state index in [0.29, 0.717) is 43.6 Å². The van der Waals surface area contributed by atoms with Gasteiger partial charge in [0.1, 0.15) is 0 Å². The van der Waals surface area contributed by atoms with Crippen LogP contribution in [0.4, 0.5) is 15.9 Å². The van der Waals surface area contributed by atoms with Gasteiger partial charge in [-0.15, -0.1) is 0 Å². The van der Waals surface area contributed by atoms with Crippen LogP contribution in [0.5, 0.6) is 0 Å². The average Bonchev–Trinajstić information content (AvgIpc) is 3.19. The summed E-state index contributed by atoms with van der Waals surface area (Å²) >= 11 is 1.45. The van der Waals surface area contributed by atoms with E-state index in [1.165, 1.54) is 16.2 Å². The molecule has 3 N–H and O–H groups in total. The summed E-state index contributed by atoms with van der Waals surface area (Å²) in [6.07, 6.45) is 4.69. The van der Waals surface area contributed by atoms with Crippen LogP contribution in [0.1, 0.15) is 32.3 Å². The molecule has 2 amide bonds. The number of fused-ring (bicyclic) bond motifs is 1. The molecule has 0 aliphatic carbocycles.